The van der Waals surface area contributed by atoms with Gasteiger partial charge in [-0.15, -0.1) is 0 Å². The number of nitrogen functional groups attached to an aromatic ring is 1. The van der Waals surface area contributed by atoms with Gasteiger partial charge in [0, 0.05) is 37.0 Å². The maximum atomic E-state index is 11.8. The number of non-ortho nitro benzene ring substituents is 1. The first-order valence-electron chi connectivity index (χ1n) is 7.86. The Kier molecular flexibility index (Phi) is 3.65. The van der Waals surface area contributed by atoms with Crippen LogP contribution < -0.4 is 11.3 Å². The molecular weight excluding hydrogens is 350 g/mol. The minimum atomic E-state index is -0.475. The van der Waals surface area contributed by atoms with E-state index >= 15 is 0 Å². The maximum absolute atomic E-state index is 11.8. The van der Waals surface area contributed by atoms with Crippen LogP contribution in [0.25, 0.3) is 28.2 Å². The average Bonchev–Trinajstić information content (AvgIpc) is 3.05. The fourth-order valence-electron chi connectivity index (χ4n) is 2.82. The van der Waals surface area contributed by atoms with E-state index in [4.69, 9.17) is 5.73 Å². The van der Waals surface area contributed by atoms with Gasteiger partial charge in [0.2, 0.25) is 5.56 Å². The highest BCUT2D eigenvalue weighted by atomic mass is 16.6. The van der Waals surface area contributed by atoms with Gasteiger partial charge in [-0.05, 0) is 6.07 Å². The largest absolute Gasteiger partial charge is 0.382 e. The molecule has 4 rings (SSSR count). The number of imidazole rings is 1. The van der Waals surface area contributed by atoms with Crippen molar-refractivity contribution in [1.29, 1.82) is 0 Å². The molecule has 3 heterocycles. The molecule has 0 spiro atoms. The number of fused-ring (bicyclic) bond motifs is 1. The molecule has 0 aliphatic carbocycles. The molecule has 134 valence electrons. The Morgan fingerprint density at radius 3 is 2.74 bits per heavy atom. The van der Waals surface area contributed by atoms with Crippen molar-refractivity contribution in [2.75, 3.05) is 5.73 Å². The minimum Gasteiger partial charge on any atom is -0.382 e. The number of nitro groups is 1. The number of rotatable bonds is 3. The Morgan fingerprint density at radius 2 is 2.00 bits per heavy atom. The van der Waals surface area contributed by atoms with Gasteiger partial charge in [-0.1, -0.05) is 12.1 Å². The molecule has 0 atom stereocenters. The number of nitrogens with zero attached hydrogens (tertiary/aromatic N) is 6. The van der Waals surface area contributed by atoms with Crippen LogP contribution in [0.4, 0.5) is 11.5 Å². The molecule has 0 fully saturated rings. The number of aromatic nitrogens is 5. The molecule has 1 aromatic carbocycles. The zero-order chi connectivity index (χ0) is 19.1. The lowest BCUT2D eigenvalue weighted by molar-refractivity contribution is -0.384. The second-order valence-corrected chi connectivity index (χ2v) is 5.85. The summed E-state index contributed by atoms with van der Waals surface area (Å²) in [4.78, 5) is 35.2. The third kappa shape index (κ3) is 2.68. The first-order chi connectivity index (χ1) is 13.0. The van der Waals surface area contributed by atoms with Crippen molar-refractivity contribution in [2.24, 2.45) is 7.05 Å². The molecular formula is C17H13N7O3. The monoisotopic (exact) mass is 363 g/mol. The fraction of sp³-hybridized carbons (Fsp3) is 0.0588. The number of aryl methyl sites for hydroxylation is 1. The summed E-state index contributed by atoms with van der Waals surface area (Å²) in [7, 11) is 1.63. The normalized spacial score (nSPS) is 11.0. The van der Waals surface area contributed by atoms with Crippen LogP contribution >= 0.6 is 0 Å². The molecule has 27 heavy (non-hydrogen) atoms. The van der Waals surface area contributed by atoms with Crippen molar-refractivity contribution in [3.05, 3.63) is 69.4 Å². The highest BCUT2D eigenvalue weighted by Gasteiger charge is 2.19. The summed E-state index contributed by atoms with van der Waals surface area (Å²) < 4.78 is 3.11. The summed E-state index contributed by atoms with van der Waals surface area (Å²) in [5, 5.41) is 11.1. The summed E-state index contributed by atoms with van der Waals surface area (Å²) in [5.41, 5.74) is 7.62. The van der Waals surface area contributed by atoms with E-state index in [1.54, 1.807) is 36.0 Å². The van der Waals surface area contributed by atoms with Crippen molar-refractivity contribution < 1.29 is 4.92 Å². The quantitative estimate of drug-likeness (QED) is 0.432. The van der Waals surface area contributed by atoms with E-state index in [0.29, 0.717) is 28.2 Å². The highest BCUT2D eigenvalue weighted by molar-refractivity contribution is 5.87. The summed E-state index contributed by atoms with van der Waals surface area (Å²) in [6.07, 6.45) is 2.94. The van der Waals surface area contributed by atoms with Gasteiger partial charge in [0.25, 0.3) is 5.69 Å². The van der Waals surface area contributed by atoms with Crippen LogP contribution in [0.15, 0.2) is 53.7 Å². The lowest BCUT2D eigenvalue weighted by atomic mass is 10.2. The van der Waals surface area contributed by atoms with Crippen LogP contribution in [0.2, 0.25) is 0 Å². The first kappa shape index (κ1) is 16.4. The van der Waals surface area contributed by atoms with Crippen LogP contribution in [-0.2, 0) is 7.05 Å². The van der Waals surface area contributed by atoms with E-state index in [-0.39, 0.29) is 17.1 Å². The Balaban J connectivity index is 2.07. The number of nitrogens with two attached hydrogens (primary N) is 1. The topological polar surface area (TPSA) is 135 Å². The number of nitro benzene ring substituents is 1. The van der Waals surface area contributed by atoms with Gasteiger partial charge < -0.3 is 10.3 Å². The van der Waals surface area contributed by atoms with Crippen molar-refractivity contribution in [3.63, 3.8) is 0 Å². The Labute approximate surface area is 151 Å². The molecule has 0 saturated carbocycles. The van der Waals surface area contributed by atoms with E-state index in [1.165, 1.54) is 29.1 Å². The molecule has 3 aromatic heterocycles. The molecule has 0 aliphatic heterocycles. The van der Waals surface area contributed by atoms with Crippen molar-refractivity contribution in [3.8, 4) is 17.1 Å². The zero-order valence-corrected chi connectivity index (χ0v) is 14.1. The summed E-state index contributed by atoms with van der Waals surface area (Å²) in [6.45, 7) is 0. The molecule has 0 amide bonds. The number of anilines is 1. The molecule has 0 aliphatic rings. The molecule has 0 radical (unpaired) electrons. The van der Waals surface area contributed by atoms with Gasteiger partial charge in [0.15, 0.2) is 17.0 Å². The fourth-order valence-corrected chi connectivity index (χ4v) is 2.82. The average molecular weight is 363 g/mol. The molecule has 4 aromatic rings. The third-order valence-electron chi connectivity index (χ3n) is 4.12. The lowest BCUT2D eigenvalue weighted by Crippen LogP contribution is -2.15. The van der Waals surface area contributed by atoms with Gasteiger partial charge >= 0.3 is 0 Å². The second kappa shape index (κ2) is 6.02. The summed E-state index contributed by atoms with van der Waals surface area (Å²) >= 11 is 0. The van der Waals surface area contributed by atoms with Crippen molar-refractivity contribution in [2.45, 2.75) is 0 Å². The molecule has 0 saturated heterocycles. The second-order valence-electron chi connectivity index (χ2n) is 5.85. The van der Waals surface area contributed by atoms with E-state index in [0.717, 1.165) is 0 Å². The molecule has 0 bridgehead atoms. The van der Waals surface area contributed by atoms with Crippen LogP contribution in [0, 0.1) is 10.1 Å². The maximum Gasteiger partial charge on any atom is 0.270 e. The van der Waals surface area contributed by atoms with Crippen LogP contribution in [0.1, 0.15) is 0 Å². The number of hydrogen-bond donors (Lipinski definition) is 1. The smallest absolute Gasteiger partial charge is 0.270 e. The SMILES string of the molecule is Cn1cc(-n2c(-c3cccc([N+](=O)[O-])c3)nc3c(N)ncnc32)ccc1=O. The molecule has 10 heteroatoms. The Hall–Kier alpha value is -4.08. The predicted molar refractivity (Wildman–Crippen MR) is 98.4 cm³/mol. The standard InChI is InChI=1S/C17H13N7O3/c1-22-8-12(5-6-13(22)25)23-16(10-3-2-4-11(7-10)24(26)27)21-14-15(18)19-9-20-17(14)23/h2-9H,1H3,(H2,18,19,20). The van der Waals surface area contributed by atoms with Gasteiger partial charge in [-0.2, -0.15) is 0 Å². The number of hydrogen-bond acceptors (Lipinski definition) is 7. The summed E-state index contributed by atoms with van der Waals surface area (Å²) in [6, 6.07) is 9.15. The van der Waals surface area contributed by atoms with Gasteiger partial charge in [-0.3, -0.25) is 19.5 Å². The molecule has 0 unspecified atom stereocenters. The highest BCUT2D eigenvalue weighted by Crippen LogP contribution is 2.30. The molecule has 10 nitrogen and oxygen atoms in total. The predicted octanol–water partition coefficient (Wildman–Crippen LogP) is 1.67. The van der Waals surface area contributed by atoms with Gasteiger partial charge in [0.05, 0.1) is 10.6 Å². The lowest BCUT2D eigenvalue weighted by Gasteiger charge is -2.10. The van der Waals surface area contributed by atoms with Crippen molar-refractivity contribution in [1.82, 2.24) is 24.1 Å². The van der Waals surface area contributed by atoms with E-state index in [2.05, 4.69) is 15.0 Å². The third-order valence-corrected chi connectivity index (χ3v) is 4.12. The van der Waals surface area contributed by atoms with Crippen LogP contribution in [0.3, 0.4) is 0 Å². The van der Waals surface area contributed by atoms with E-state index in [1.807, 2.05) is 0 Å². The summed E-state index contributed by atoms with van der Waals surface area (Å²) in [5.74, 6) is 0.592. The minimum absolute atomic E-state index is 0.0642. The van der Waals surface area contributed by atoms with E-state index in [9.17, 15) is 14.9 Å². The van der Waals surface area contributed by atoms with Crippen LogP contribution in [-0.4, -0.2) is 29.0 Å². The van der Waals surface area contributed by atoms with Gasteiger partial charge in [-0.25, -0.2) is 15.0 Å². The van der Waals surface area contributed by atoms with Crippen LogP contribution in [0.5, 0.6) is 0 Å². The Bertz CT molecular complexity index is 1260. The Morgan fingerprint density at radius 1 is 1.19 bits per heavy atom. The van der Waals surface area contributed by atoms with Gasteiger partial charge in [0.1, 0.15) is 12.2 Å². The van der Waals surface area contributed by atoms with E-state index < -0.39 is 4.92 Å². The number of benzene rings is 1. The molecule has 2 N–H and O–H groups in total. The number of pyridine rings is 1. The first-order valence-corrected chi connectivity index (χ1v) is 7.86. The zero-order valence-electron chi connectivity index (χ0n) is 14.1. The van der Waals surface area contributed by atoms with Crippen molar-refractivity contribution >= 4 is 22.7 Å².